The summed E-state index contributed by atoms with van der Waals surface area (Å²) in [5.41, 5.74) is 1.77. The average molecular weight is 525 g/mol. The number of piperidine rings is 1. The topological polar surface area (TPSA) is 94.7 Å². The number of nitrogens with zero attached hydrogens (tertiary/aromatic N) is 2. The summed E-state index contributed by atoms with van der Waals surface area (Å²) in [5, 5.41) is 4.06. The first kappa shape index (κ1) is 28.0. The Morgan fingerprint density at radius 1 is 1.21 bits per heavy atom. The van der Waals surface area contributed by atoms with Crippen LogP contribution in [0.4, 0.5) is 0 Å². The predicted octanol–water partition coefficient (Wildman–Crippen LogP) is 4.36. The quantitative estimate of drug-likeness (QED) is 0.587. The van der Waals surface area contributed by atoms with Crippen LogP contribution >= 0.6 is 0 Å². The van der Waals surface area contributed by atoms with Crippen molar-refractivity contribution >= 4 is 28.6 Å². The summed E-state index contributed by atoms with van der Waals surface area (Å²) < 4.78 is 5.48. The van der Waals surface area contributed by atoms with Gasteiger partial charge >= 0.3 is 0 Å². The van der Waals surface area contributed by atoms with Crippen molar-refractivity contribution in [3.63, 3.8) is 0 Å². The molecule has 0 aliphatic carbocycles. The Hall–Kier alpha value is -3.03. The molecule has 1 unspecified atom stereocenters. The van der Waals surface area contributed by atoms with Crippen LogP contribution in [0, 0.1) is 11.8 Å². The molecule has 1 aromatic carbocycles. The minimum atomic E-state index is -0.854. The number of H-pyrrole nitrogens is 1. The van der Waals surface area contributed by atoms with E-state index in [1.807, 2.05) is 83.4 Å². The lowest BCUT2D eigenvalue weighted by molar-refractivity contribution is -0.166. The highest BCUT2D eigenvalue weighted by Crippen LogP contribution is 2.50. The Morgan fingerprint density at radius 3 is 2.45 bits per heavy atom. The zero-order valence-electron chi connectivity index (χ0n) is 24.4. The molecule has 2 N–H and O–H groups in total. The van der Waals surface area contributed by atoms with Crippen molar-refractivity contribution in [2.24, 2.45) is 11.8 Å². The Morgan fingerprint density at radius 2 is 1.87 bits per heavy atom. The van der Waals surface area contributed by atoms with E-state index >= 15 is 0 Å². The summed E-state index contributed by atoms with van der Waals surface area (Å²) in [7, 11) is 1.65. The van der Waals surface area contributed by atoms with Crippen LogP contribution in [0.25, 0.3) is 10.9 Å². The number of ether oxygens (including phenoxy) is 1. The standard InChI is InChI=1S/C30H44N4O4/c1-17(2)34(18(3)4)28(37)23-14-19(15-25(35)32-29(5,6)7)27(36)33-13-12-21-22-16-20(38-9)10-11-24(22)31-26(21)30(23,33)8/h10-11,16-19,23,31H,12-15H2,1-9H3,(H,32,35)/t19?,23-,30+/m1/s1. The van der Waals surface area contributed by atoms with Crippen molar-refractivity contribution < 1.29 is 19.1 Å². The largest absolute Gasteiger partial charge is 0.497 e. The minimum Gasteiger partial charge on any atom is -0.497 e. The fourth-order valence-electron chi connectivity index (χ4n) is 6.66. The SMILES string of the molecule is COc1ccc2[nH]c3c(c2c1)CCN1C(=O)C(CC(=O)NC(C)(C)C)C[C@H](C(=O)N(C(C)C)C(C)C)[C@@]31C. The van der Waals surface area contributed by atoms with Crippen molar-refractivity contribution in [1.82, 2.24) is 20.1 Å². The van der Waals surface area contributed by atoms with Crippen LogP contribution in [0.2, 0.25) is 0 Å². The van der Waals surface area contributed by atoms with Crippen molar-refractivity contribution in [1.29, 1.82) is 0 Å². The molecule has 1 fully saturated rings. The molecule has 2 aliphatic rings. The molecule has 0 spiro atoms. The molecule has 8 heteroatoms. The van der Waals surface area contributed by atoms with Gasteiger partial charge in [-0.15, -0.1) is 0 Å². The molecule has 1 saturated heterocycles. The van der Waals surface area contributed by atoms with Gasteiger partial charge in [-0.1, -0.05) is 0 Å². The smallest absolute Gasteiger partial charge is 0.228 e. The molecule has 1 aromatic heterocycles. The third-order valence-corrected chi connectivity index (χ3v) is 8.19. The van der Waals surface area contributed by atoms with E-state index in [1.54, 1.807) is 7.11 Å². The van der Waals surface area contributed by atoms with Gasteiger partial charge in [0.1, 0.15) is 5.75 Å². The number of aromatic nitrogens is 1. The van der Waals surface area contributed by atoms with E-state index in [0.29, 0.717) is 19.4 Å². The van der Waals surface area contributed by atoms with Crippen LogP contribution in [0.1, 0.15) is 79.5 Å². The number of hydrogen-bond acceptors (Lipinski definition) is 4. The molecule has 3 heterocycles. The molecule has 3 atom stereocenters. The number of carbonyl (C=O) groups excluding carboxylic acids is 3. The molecular formula is C30H44N4O4. The Labute approximate surface area is 226 Å². The molecule has 2 aromatic rings. The zero-order valence-corrected chi connectivity index (χ0v) is 24.4. The fraction of sp³-hybridized carbons (Fsp3) is 0.633. The van der Waals surface area contributed by atoms with Gasteiger partial charge < -0.3 is 24.8 Å². The lowest BCUT2D eigenvalue weighted by atomic mass is 9.67. The Bertz CT molecular complexity index is 1230. The molecule has 208 valence electrons. The first-order valence-electron chi connectivity index (χ1n) is 13.8. The number of fused-ring (bicyclic) bond motifs is 5. The van der Waals surface area contributed by atoms with Gasteiger partial charge in [0.05, 0.1) is 18.6 Å². The third kappa shape index (κ3) is 4.78. The summed E-state index contributed by atoms with van der Waals surface area (Å²) in [6.07, 6.45) is 1.08. The molecule has 0 radical (unpaired) electrons. The monoisotopic (exact) mass is 524 g/mol. The first-order valence-corrected chi connectivity index (χ1v) is 13.8. The minimum absolute atomic E-state index is 0.00912. The second-order valence-corrected chi connectivity index (χ2v) is 12.7. The maximum Gasteiger partial charge on any atom is 0.228 e. The van der Waals surface area contributed by atoms with Crippen LogP contribution in [0.15, 0.2) is 18.2 Å². The molecule has 8 nitrogen and oxygen atoms in total. The maximum absolute atomic E-state index is 14.4. The van der Waals surface area contributed by atoms with E-state index in [-0.39, 0.29) is 36.2 Å². The average Bonchev–Trinajstić information content (AvgIpc) is 3.18. The maximum atomic E-state index is 14.4. The second-order valence-electron chi connectivity index (χ2n) is 12.7. The van der Waals surface area contributed by atoms with Gasteiger partial charge in [-0.3, -0.25) is 14.4 Å². The van der Waals surface area contributed by atoms with Crippen LogP contribution in [-0.2, 0) is 26.3 Å². The molecule has 38 heavy (non-hydrogen) atoms. The molecule has 0 saturated carbocycles. The summed E-state index contributed by atoms with van der Waals surface area (Å²) in [4.78, 5) is 48.7. The fourth-order valence-corrected chi connectivity index (χ4v) is 6.66. The van der Waals surface area contributed by atoms with Gasteiger partial charge in [0, 0.05) is 53.1 Å². The lowest BCUT2D eigenvalue weighted by Gasteiger charge is -2.54. The number of benzene rings is 1. The summed E-state index contributed by atoms with van der Waals surface area (Å²) in [5.74, 6) is -0.456. The van der Waals surface area contributed by atoms with Crippen LogP contribution < -0.4 is 10.1 Å². The van der Waals surface area contributed by atoms with Crippen LogP contribution in [-0.4, -0.2) is 63.8 Å². The highest BCUT2D eigenvalue weighted by molar-refractivity contribution is 5.93. The molecule has 0 bridgehead atoms. The van der Waals surface area contributed by atoms with Gasteiger partial charge in [0.15, 0.2) is 0 Å². The van der Waals surface area contributed by atoms with Crippen molar-refractivity contribution in [2.75, 3.05) is 13.7 Å². The second kappa shape index (κ2) is 9.93. The first-order chi connectivity index (χ1) is 17.7. The highest BCUT2D eigenvalue weighted by atomic mass is 16.5. The number of carbonyl (C=O) groups is 3. The predicted molar refractivity (Wildman–Crippen MR) is 149 cm³/mol. The molecular weight excluding hydrogens is 480 g/mol. The van der Waals surface area contributed by atoms with Gasteiger partial charge in [0.25, 0.3) is 0 Å². The van der Waals surface area contributed by atoms with Crippen molar-refractivity contribution in [3.8, 4) is 5.75 Å². The Kier molecular flexibility index (Phi) is 7.32. The third-order valence-electron chi connectivity index (χ3n) is 8.19. The number of nitrogens with one attached hydrogen (secondary N) is 2. The lowest BCUT2D eigenvalue weighted by Crippen LogP contribution is -2.65. The molecule has 4 rings (SSSR count). The van der Waals surface area contributed by atoms with E-state index in [9.17, 15) is 14.4 Å². The number of aromatic amines is 1. The van der Waals surface area contributed by atoms with Gasteiger partial charge in [-0.2, -0.15) is 0 Å². The normalized spacial score (nSPS) is 23.4. The Balaban J connectivity index is 1.83. The van der Waals surface area contributed by atoms with Crippen molar-refractivity contribution in [3.05, 3.63) is 29.5 Å². The van der Waals surface area contributed by atoms with Crippen LogP contribution in [0.3, 0.4) is 0 Å². The van der Waals surface area contributed by atoms with Gasteiger partial charge in [0.2, 0.25) is 17.7 Å². The number of hydrogen-bond donors (Lipinski definition) is 2. The number of amides is 3. The highest BCUT2D eigenvalue weighted by Gasteiger charge is 2.57. The van der Waals surface area contributed by atoms with E-state index in [4.69, 9.17) is 4.74 Å². The summed E-state index contributed by atoms with van der Waals surface area (Å²) in [6, 6.07) is 5.96. The van der Waals surface area contributed by atoms with E-state index in [2.05, 4.69) is 10.3 Å². The van der Waals surface area contributed by atoms with E-state index in [0.717, 1.165) is 27.9 Å². The zero-order chi connectivity index (χ0) is 28.2. The van der Waals surface area contributed by atoms with E-state index in [1.165, 1.54) is 0 Å². The summed E-state index contributed by atoms with van der Waals surface area (Å²) in [6.45, 7) is 16.4. The van der Waals surface area contributed by atoms with Crippen LogP contribution in [0.5, 0.6) is 5.75 Å². The van der Waals surface area contributed by atoms with Gasteiger partial charge in [-0.05, 0) is 92.0 Å². The van der Waals surface area contributed by atoms with E-state index < -0.39 is 22.9 Å². The van der Waals surface area contributed by atoms with Gasteiger partial charge in [-0.25, -0.2) is 0 Å². The number of methoxy groups -OCH3 is 1. The summed E-state index contributed by atoms with van der Waals surface area (Å²) >= 11 is 0. The molecule has 2 aliphatic heterocycles. The number of rotatable bonds is 6. The van der Waals surface area contributed by atoms with Crippen molar-refractivity contribution in [2.45, 2.75) is 97.8 Å². The molecule has 3 amide bonds.